The van der Waals surface area contributed by atoms with Crippen molar-refractivity contribution in [1.82, 2.24) is 9.88 Å². The van der Waals surface area contributed by atoms with Crippen molar-refractivity contribution in [3.8, 4) is 16.9 Å². The van der Waals surface area contributed by atoms with Crippen LogP contribution < -0.4 is 4.74 Å². The number of nitrogens with zero attached hydrogens (tertiary/aromatic N) is 2. The third-order valence-corrected chi connectivity index (χ3v) is 7.47. The predicted molar refractivity (Wildman–Crippen MR) is 129 cm³/mol. The minimum Gasteiger partial charge on any atom is -0.487 e. The first kappa shape index (κ1) is 22.3. The van der Waals surface area contributed by atoms with E-state index >= 15 is 0 Å². The van der Waals surface area contributed by atoms with Gasteiger partial charge in [-0.2, -0.15) is 0 Å². The number of hydrogen-bond acceptors (Lipinski definition) is 6. The third kappa shape index (κ3) is 4.63. The Balaban J connectivity index is 1.54. The standard InChI is InChI=1S/C25H25ClN2O4S/c1-15-10-16(26)11-20(24(15)32-17-4-2-3-9-31-14-17)19-7-8-27-21-12-18(33-25(19)21)13-28-22(29)5-6-23(28)30/h7-8,10-12,17H,2-6,9,13-14H2,1H3. The highest BCUT2D eigenvalue weighted by atomic mass is 35.5. The number of imide groups is 1. The second-order valence-electron chi connectivity index (χ2n) is 8.57. The number of likely N-dealkylation sites (tertiary alicyclic amines) is 1. The van der Waals surface area contributed by atoms with Gasteiger partial charge in [0.2, 0.25) is 11.8 Å². The minimum atomic E-state index is -0.114. The summed E-state index contributed by atoms with van der Waals surface area (Å²) in [6, 6.07) is 7.78. The highest BCUT2D eigenvalue weighted by Crippen LogP contribution is 2.42. The van der Waals surface area contributed by atoms with E-state index in [1.165, 1.54) is 4.90 Å². The molecule has 1 atom stereocenters. The smallest absolute Gasteiger partial charge is 0.230 e. The molecular weight excluding hydrogens is 460 g/mol. The lowest BCUT2D eigenvalue weighted by atomic mass is 10.0. The number of benzene rings is 1. The molecule has 0 bridgehead atoms. The van der Waals surface area contributed by atoms with E-state index in [0.29, 0.717) is 24.5 Å². The fourth-order valence-electron chi connectivity index (χ4n) is 4.45. The number of hydrogen-bond donors (Lipinski definition) is 0. The van der Waals surface area contributed by atoms with Crippen LogP contribution in [-0.2, 0) is 20.9 Å². The second-order valence-corrected chi connectivity index (χ2v) is 10.1. The minimum absolute atomic E-state index is 0.00505. The predicted octanol–water partition coefficient (Wildman–Crippen LogP) is 5.52. The van der Waals surface area contributed by atoms with Gasteiger partial charge in [-0.25, -0.2) is 0 Å². The Hall–Kier alpha value is -2.48. The number of aryl methyl sites for hydroxylation is 1. The summed E-state index contributed by atoms with van der Waals surface area (Å²) in [5.74, 6) is 0.581. The molecule has 8 heteroatoms. The molecule has 2 saturated heterocycles. The van der Waals surface area contributed by atoms with Crippen LogP contribution in [0.3, 0.4) is 0 Å². The zero-order chi connectivity index (χ0) is 22.9. The lowest BCUT2D eigenvalue weighted by Gasteiger charge is -2.21. The van der Waals surface area contributed by atoms with Crippen LogP contribution in [0.2, 0.25) is 5.02 Å². The molecule has 33 heavy (non-hydrogen) atoms. The van der Waals surface area contributed by atoms with Gasteiger partial charge in [-0.3, -0.25) is 19.5 Å². The number of fused-ring (bicyclic) bond motifs is 1. The van der Waals surface area contributed by atoms with Gasteiger partial charge in [-0.05, 0) is 56.0 Å². The van der Waals surface area contributed by atoms with Gasteiger partial charge in [0.25, 0.3) is 0 Å². The van der Waals surface area contributed by atoms with E-state index in [1.54, 1.807) is 17.5 Å². The molecule has 0 radical (unpaired) electrons. The molecule has 2 aromatic heterocycles. The maximum atomic E-state index is 12.1. The summed E-state index contributed by atoms with van der Waals surface area (Å²) < 4.78 is 13.2. The molecule has 2 fully saturated rings. The maximum absolute atomic E-state index is 12.1. The summed E-state index contributed by atoms with van der Waals surface area (Å²) in [6.07, 6.45) is 5.44. The fourth-order valence-corrected chi connectivity index (χ4v) is 5.86. The number of aromatic nitrogens is 1. The first-order valence-corrected chi connectivity index (χ1v) is 12.4. The molecule has 1 unspecified atom stereocenters. The Kier molecular flexibility index (Phi) is 6.36. The van der Waals surface area contributed by atoms with Gasteiger partial charge in [0, 0.05) is 46.7 Å². The number of amides is 2. The molecule has 6 nitrogen and oxygen atoms in total. The number of ether oxygens (including phenoxy) is 2. The molecule has 172 valence electrons. The molecule has 2 amide bonds. The lowest BCUT2D eigenvalue weighted by Crippen LogP contribution is -2.27. The average Bonchev–Trinajstić information content (AvgIpc) is 3.22. The largest absolute Gasteiger partial charge is 0.487 e. The SMILES string of the molecule is Cc1cc(Cl)cc(-c2ccnc3cc(CN4C(=O)CCC4=O)sc23)c1OC1CCCCOC1. The van der Waals surface area contributed by atoms with Crippen LogP contribution in [0.4, 0.5) is 0 Å². The molecule has 2 aliphatic heterocycles. The van der Waals surface area contributed by atoms with Crippen molar-refractivity contribution in [2.45, 2.75) is 51.7 Å². The molecule has 1 aromatic carbocycles. The van der Waals surface area contributed by atoms with E-state index in [4.69, 9.17) is 21.1 Å². The molecular formula is C25H25ClN2O4S. The summed E-state index contributed by atoms with van der Waals surface area (Å²) in [7, 11) is 0. The monoisotopic (exact) mass is 484 g/mol. The molecule has 0 spiro atoms. The first-order valence-electron chi connectivity index (χ1n) is 11.2. The van der Waals surface area contributed by atoms with E-state index in [2.05, 4.69) is 4.98 Å². The summed E-state index contributed by atoms with van der Waals surface area (Å²) in [5.41, 5.74) is 3.69. The highest BCUT2D eigenvalue weighted by molar-refractivity contribution is 7.19. The first-order chi connectivity index (χ1) is 16.0. The lowest BCUT2D eigenvalue weighted by molar-refractivity contribution is -0.138. The Bertz CT molecular complexity index is 1200. The zero-order valence-electron chi connectivity index (χ0n) is 18.4. The van der Waals surface area contributed by atoms with Gasteiger partial charge in [0.05, 0.1) is 23.4 Å². The highest BCUT2D eigenvalue weighted by Gasteiger charge is 2.29. The van der Waals surface area contributed by atoms with Crippen molar-refractivity contribution in [2.24, 2.45) is 0 Å². The van der Waals surface area contributed by atoms with Crippen LogP contribution in [0.25, 0.3) is 21.3 Å². The number of thiophene rings is 1. The van der Waals surface area contributed by atoms with Crippen molar-refractivity contribution < 1.29 is 19.1 Å². The topological polar surface area (TPSA) is 68.7 Å². The van der Waals surface area contributed by atoms with Crippen molar-refractivity contribution in [3.05, 3.63) is 45.9 Å². The van der Waals surface area contributed by atoms with Crippen LogP contribution in [0.15, 0.2) is 30.5 Å². The van der Waals surface area contributed by atoms with Crippen LogP contribution in [-0.4, -0.2) is 41.0 Å². The number of carbonyl (C=O) groups excluding carboxylic acids is 2. The Morgan fingerprint density at radius 3 is 2.82 bits per heavy atom. The van der Waals surface area contributed by atoms with Gasteiger partial charge in [-0.15, -0.1) is 11.3 Å². The van der Waals surface area contributed by atoms with E-state index in [9.17, 15) is 9.59 Å². The van der Waals surface area contributed by atoms with Gasteiger partial charge in [-0.1, -0.05) is 11.6 Å². The van der Waals surface area contributed by atoms with E-state index in [-0.39, 0.29) is 24.5 Å². The van der Waals surface area contributed by atoms with Gasteiger partial charge in [0.1, 0.15) is 11.9 Å². The van der Waals surface area contributed by atoms with E-state index in [1.807, 2.05) is 31.2 Å². The quantitative estimate of drug-likeness (QED) is 0.446. The number of rotatable bonds is 5. The Labute approximate surface area is 201 Å². The molecule has 4 heterocycles. The molecule has 0 saturated carbocycles. The fraction of sp³-hybridized carbons (Fsp3) is 0.400. The maximum Gasteiger partial charge on any atom is 0.230 e. The van der Waals surface area contributed by atoms with E-state index in [0.717, 1.165) is 63.4 Å². The molecule has 5 rings (SSSR count). The van der Waals surface area contributed by atoms with Gasteiger partial charge in [0.15, 0.2) is 0 Å². The van der Waals surface area contributed by atoms with Crippen molar-refractivity contribution in [3.63, 3.8) is 0 Å². The third-order valence-electron chi connectivity index (χ3n) is 6.11. The summed E-state index contributed by atoms with van der Waals surface area (Å²) in [6.45, 7) is 3.65. The number of pyridine rings is 1. The van der Waals surface area contributed by atoms with Crippen molar-refractivity contribution in [1.29, 1.82) is 0 Å². The Morgan fingerprint density at radius 1 is 1.18 bits per heavy atom. The normalized spacial score (nSPS) is 19.3. The molecule has 3 aromatic rings. The van der Waals surface area contributed by atoms with Crippen LogP contribution >= 0.6 is 22.9 Å². The van der Waals surface area contributed by atoms with Gasteiger partial charge >= 0.3 is 0 Å². The average molecular weight is 485 g/mol. The van der Waals surface area contributed by atoms with E-state index < -0.39 is 0 Å². The summed E-state index contributed by atoms with van der Waals surface area (Å²) >= 11 is 8.02. The Morgan fingerprint density at radius 2 is 2.00 bits per heavy atom. The van der Waals surface area contributed by atoms with Crippen LogP contribution in [0, 0.1) is 6.92 Å². The van der Waals surface area contributed by atoms with Crippen molar-refractivity contribution in [2.75, 3.05) is 13.2 Å². The number of carbonyl (C=O) groups is 2. The zero-order valence-corrected chi connectivity index (χ0v) is 20.0. The number of halogens is 1. The summed E-state index contributed by atoms with van der Waals surface area (Å²) in [4.78, 5) is 31.0. The van der Waals surface area contributed by atoms with Crippen molar-refractivity contribution >= 4 is 45.0 Å². The molecule has 0 N–H and O–H groups in total. The second kappa shape index (κ2) is 9.41. The molecule has 2 aliphatic rings. The summed E-state index contributed by atoms with van der Waals surface area (Å²) in [5, 5.41) is 0.641. The van der Waals surface area contributed by atoms with Crippen LogP contribution in [0.1, 0.15) is 42.5 Å². The van der Waals surface area contributed by atoms with Crippen LogP contribution in [0.5, 0.6) is 5.75 Å². The van der Waals surface area contributed by atoms with Gasteiger partial charge < -0.3 is 9.47 Å². The molecule has 0 aliphatic carbocycles.